The van der Waals surface area contributed by atoms with Crippen molar-refractivity contribution in [1.82, 2.24) is 14.5 Å². The largest absolute Gasteiger partial charge is 0.390 e. The van der Waals surface area contributed by atoms with Crippen LogP contribution in [0.5, 0.6) is 0 Å². The molecule has 3 N–H and O–H groups in total. The van der Waals surface area contributed by atoms with Crippen LogP contribution in [0.3, 0.4) is 0 Å². The molecule has 2 aromatic heterocycles. The zero-order chi connectivity index (χ0) is 20.9. The molecule has 1 spiro atoms. The highest BCUT2D eigenvalue weighted by molar-refractivity contribution is 5.86. The van der Waals surface area contributed by atoms with Crippen LogP contribution in [-0.4, -0.2) is 51.5 Å². The van der Waals surface area contributed by atoms with Crippen molar-refractivity contribution < 1.29 is 9.84 Å². The standard InChI is InChI=1S/C23H29N5O2/c1-15-21(24)23(14-30-15)7-9-28(10-8-23)22-18(13-29)26-17(12-25-22)20-11-16-5-3-4-6-19(16)27(20)2/h3-6,11-12,15,21,29H,7-10,13-14,24H2,1-2H3/t15-,21+/m0/s1. The number of hydrogen-bond donors (Lipinski definition) is 2. The Morgan fingerprint density at radius 3 is 2.70 bits per heavy atom. The van der Waals surface area contributed by atoms with Gasteiger partial charge in [-0.25, -0.2) is 9.97 Å². The molecule has 4 heterocycles. The Kier molecular flexibility index (Phi) is 4.76. The molecule has 3 aromatic rings. The van der Waals surface area contributed by atoms with Gasteiger partial charge in [-0.3, -0.25) is 0 Å². The molecule has 2 fully saturated rings. The number of aryl methyl sites for hydroxylation is 1. The minimum absolute atomic E-state index is 0.0613. The number of ether oxygens (including phenoxy) is 1. The Morgan fingerprint density at radius 1 is 1.27 bits per heavy atom. The lowest BCUT2D eigenvalue weighted by Gasteiger charge is -2.41. The molecular formula is C23H29N5O2. The van der Waals surface area contributed by atoms with Crippen LogP contribution in [0.4, 0.5) is 5.82 Å². The summed E-state index contributed by atoms with van der Waals surface area (Å²) in [6.45, 7) is 4.35. The summed E-state index contributed by atoms with van der Waals surface area (Å²) in [7, 11) is 2.03. The summed E-state index contributed by atoms with van der Waals surface area (Å²) >= 11 is 0. The number of benzene rings is 1. The van der Waals surface area contributed by atoms with Gasteiger partial charge >= 0.3 is 0 Å². The van der Waals surface area contributed by atoms with Crippen molar-refractivity contribution in [1.29, 1.82) is 0 Å². The average Bonchev–Trinajstić information content (AvgIpc) is 3.26. The molecule has 0 saturated carbocycles. The van der Waals surface area contributed by atoms with E-state index in [2.05, 4.69) is 34.6 Å². The van der Waals surface area contributed by atoms with E-state index < -0.39 is 0 Å². The molecule has 0 aliphatic carbocycles. The Hall–Kier alpha value is -2.48. The third kappa shape index (κ3) is 3.00. The van der Waals surface area contributed by atoms with Crippen molar-refractivity contribution in [2.45, 2.75) is 38.5 Å². The minimum Gasteiger partial charge on any atom is -0.390 e. The first-order valence-electron chi connectivity index (χ1n) is 10.7. The van der Waals surface area contributed by atoms with Crippen molar-refractivity contribution in [2.24, 2.45) is 18.2 Å². The van der Waals surface area contributed by atoms with E-state index in [1.165, 1.54) is 0 Å². The second kappa shape index (κ2) is 7.34. The summed E-state index contributed by atoms with van der Waals surface area (Å²) in [6.07, 6.45) is 3.87. The van der Waals surface area contributed by atoms with Gasteiger partial charge in [0.15, 0.2) is 5.82 Å². The Bertz CT molecular complexity index is 1070. The lowest BCUT2D eigenvalue weighted by Crippen LogP contribution is -2.51. The predicted octanol–water partition coefficient (Wildman–Crippen LogP) is 2.46. The molecule has 158 valence electrons. The molecule has 0 amide bonds. The smallest absolute Gasteiger partial charge is 0.152 e. The molecule has 2 saturated heterocycles. The van der Waals surface area contributed by atoms with E-state index in [1.807, 2.05) is 25.4 Å². The zero-order valence-electron chi connectivity index (χ0n) is 17.6. The van der Waals surface area contributed by atoms with Crippen LogP contribution in [0.2, 0.25) is 0 Å². The number of aliphatic hydroxyl groups excluding tert-OH is 1. The third-order valence-electron chi connectivity index (χ3n) is 7.09. The summed E-state index contributed by atoms with van der Waals surface area (Å²) in [6, 6.07) is 10.5. The lowest BCUT2D eigenvalue weighted by molar-refractivity contribution is 0.0973. The monoisotopic (exact) mass is 407 g/mol. The van der Waals surface area contributed by atoms with Crippen LogP contribution in [0.1, 0.15) is 25.5 Å². The van der Waals surface area contributed by atoms with Crippen LogP contribution in [0.25, 0.3) is 22.3 Å². The van der Waals surface area contributed by atoms with Crippen molar-refractivity contribution in [3.63, 3.8) is 0 Å². The molecule has 2 aliphatic rings. The fourth-order valence-corrected chi connectivity index (χ4v) is 5.09. The zero-order valence-corrected chi connectivity index (χ0v) is 17.6. The molecule has 7 nitrogen and oxygen atoms in total. The average molecular weight is 408 g/mol. The molecule has 2 atom stereocenters. The number of anilines is 1. The van der Waals surface area contributed by atoms with Gasteiger partial charge in [-0.05, 0) is 31.9 Å². The number of piperidine rings is 1. The number of aliphatic hydroxyl groups is 1. The maximum Gasteiger partial charge on any atom is 0.152 e. The first-order valence-corrected chi connectivity index (χ1v) is 10.7. The molecule has 5 rings (SSSR count). The number of nitrogens with zero attached hydrogens (tertiary/aromatic N) is 4. The van der Waals surface area contributed by atoms with E-state index in [1.54, 1.807) is 0 Å². The highest BCUT2D eigenvalue weighted by Crippen LogP contribution is 2.42. The normalized spacial score (nSPS) is 23.5. The van der Waals surface area contributed by atoms with Gasteiger partial charge in [-0.15, -0.1) is 0 Å². The summed E-state index contributed by atoms with van der Waals surface area (Å²) < 4.78 is 7.95. The van der Waals surface area contributed by atoms with E-state index in [0.717, 1.165) is 60.6 Å². The van der Waals surface area contributed by atoms with Gasteiger partial charge < -0.3 is 25.0 Å². The SMILES string of the molecule is C[C@@H]1OCC2(CCN(c3ncc(-c4cc5ccccc5n4C)nc3CO)CC2)[C@@H]1N. The molecule has 7 heteroatoms. The third-order valence-corrected chi connectivity index (χ3v) is 7.09. The van der Waals surface area contributed by atoms with Gasteiger partial charge in [0.05, 0.1) is 31.2 Å². The Balaban J connectivity index is 1.42. The van der Waals surface area contributed by atoms with E-state index in [9.17, 15) is 5.11 Å². The molecule has 0 unspecified atom stereocenters. The van der Waals surface area contributed by atoms with Gasteiger partial charge in [0.2, 0.25) is 0 Å². The number of hydrogen-bond acceptors (Lipinski definition) is 6. The predicted molar refractivity (Wildman–Crippen MR) is 117 cm³/mol. The maximum atomic E-state index is 10.0. The van der Waals surface area contributed by atoms with Crippen molar-refractivity contribution in [2.75, 3.05) is 24.6 Å². The van der Waals surface area contributed by atoms with Crippen molar-refractivity contribution >= 4 is 16.7 Å². The molecule has 0 radical (unpaired) electrons. The topological polar surface area (TPSA) is 89.4 Å². The number of fused-ring (bicyclic) bond motifs is 1. The Morgan fingerprint density at radius 2 is 2.03 bits per heavy atom. The van der Waals surface area contributed by atoms with Gasteiger partial charge in [-0.1, -0.05) is 18.2 Å². The number of nitrogens with two attached hydrogens (primary N) is 1. The van der Waals surface area contributed by atoms with Crippen LogP contribution in [-0.2, 0) is 18.4 Å². The van der Waals surface area contributed by atoms with Crippen LogP contribution >= 0.6 is 0 Å². The van der Waals surface area contributed by atoms with E-state index in [-0.39, 0.29) is 24.2 Å². The van der Waals surface area contributed by atoms with Gasteiger partial charge in [0, 0.05) is 42.5 Å². The maximum absolute atomic E-state index is 10.0. The molecule has 2 aliphatic heterocycles. The van der Waals surface area contributed by atoms with Crippen LogP contribution in [0, 0.1) is 5.41 Å². The summed E-state index contributed by atoms with van der Waals surface area (Å²) in [5.41, 5.74) is 10.0. The molecular weight excluding hydrogens is 378 g/mol. The van der Waals surface area contributed by atoms with E-state index in [0.29, 0.717) is 5.69 Å². The Labute approximate surface area is 176 Å². The van der Waals surface area contributed by atoms with Crippen molar-refractivity contribution in [3.8, 4) is 11.4 Å². The van der Waals surface area contributed by atoms with Gasteiger partial charge in [0.1, 0.15) is 11.4 Å². The fourth-order valence-electron chi connectivity index (χ4n) is 5.09. The first kappa shape index (κ1) is 19.5. The molecule has 30 heavy (non-hydrogen) atoms. The van der Waals surface area contributed by atoms with Crippen LogP contribution < -0.4 is 10.6 Å². The van der Waals surface area contributed by atoms with Gasteiger partial charge in [-0.2, -0.15) is 0 Å². The summed E-state index contributed by atoms with van der Waals surface area (Å²) in [4.78, 5) is 11.7. The second-order valence-corrected chi connectivity index (χ2v) is 8.72. The quantitative estimate of drug-likeness (QED) is 0.693. The number of aromatic nitrogens is 3. The van der Waals surface area contributed by atoms with E-state index >= 15 is 0 Å². The molecule has 1 aromatic carbocycles. The fraction of sp³-hybridized carbons (Fsp3) is 0.478. The second-order valence-electron chi connectivity index (χ2n) is 8.72. The highest BCUT2D eigenvalue weighted by atomic mass is 16.5. The van der Waals surface area contributed by atoms with Crippen LogP contribution in [0.15, 0.2) is 36.5 Å². The lowest BCUT2D eigenvalue weighted by atomic mass is 9.73. The van der Waals surface area contributed by atoms with Crippen molar-refractivity contribution in [3.05, 3.63) is 42.2 Å². The summed E-state index contributed by atoms with van der Waals surface area (Å²) in [5.74, 6) is 0.774. The summed E-state index contributed by atoms with van der Waals surface area (Å²) in [5, 5.41) is 11.2. The highest BCUT2D eigenvalue weighted by Gasteiger charge is 2.47. The minimum atomic E-state index is -0.137. The van der Waals surface area contributed by atoms with Gasteiger partial charge in [0.25, 0.3) is 0 Å². The molecule has 0 bridgehead atoms. The van der Waals surface area contributed by atoms with E-state index in [4.69, 9.17) is 20.4 Å². The number of rotatable bonds is 3. The number of para-hydroxylation sites is 1. The first-order chi connectivity index (χ1) is 14.5.